The van der Waals surface area contributed by atoms with Crippen molar-refractivity contribution in [1.29, 1.82) is 0 Å². The summed E-state index contributed by atoms with van der Waals surface area (Å²) < 4.78 is 53.1. The summed E-state index contributed by atoms with van der Waals surface area (Å²) in [5.74, 6) is -1.61. The zero-order valence-electron chi connectivity index (χ0n) is 11.1. The molecule has 0 aromatic heterocycles. The van der Waals surface area contributed by atoms with Crippen molar-refractivity contribution in [1.82, 2.24) is 4.31 Å². The molecular weight excluding hydrogens is 288 g/mol. The average molecular weight is 305 g/mol. The van der Waals surface area contributed by atoms with Gasteiger partial charge in [0.05, 0.1) is 0 Å². The third-order valence-electron chi connectivity index (χ3n) is 3.66. The number of sulfonamides is 1. The second-order valence-corrected chi connectivity index (χ2v) is 6.97. The molecule has 0 unspecified atom stereocenters. The van der Waals surface area contributed by atoms with Gasteiger partial charge >= 0.3 is 0 Å². The lowest BCUT2D eigenvalue weighted by Crippen LogP contribution is -2.39. The SMILES string of the molecule is Cc1cc(F)c(S(=O)(=O)N2CCC(CO)CC2)cc1F. The standard InChI is InChI=1S/C13H17F2NO3S/c1-9-6-12(15)13(7-11(9)14)20(18,19)16-4-2-10(8-17)3-5-16/h6-7,10,17H,2-5,8H2,1H3. The number of aryl methyl sites for hydroxylation is 1. The summed E-state index contributed by atoms with van der Waals surface area (Å²) in [6.07, 6.45) is 1.04. The van der Waals surface area contributed by atoms with Crippen LogP contribution < -0.4 is 0 Å². The van der Waals surface area contributed by atoms with Gasteiger partial charge in [-0.1, -0.05) is 0 Å². The van der Waals surface area contributed by atoms with Gasteiger partial charge in [0, 0.05) is 19.7 Å². The molecule has 0 amide bonds. The van der Waals surface area contributed by atoms with Gasteiger partial charge in [0.15, 0.2) is 0 Å². The fourth-order valence-electron chi connectivity index (χ4n) is 2.30. The van der Waals surface area contributed by atoms with Gasteiger partial charge in [-0.2, -0.15) is 4.31 Å². The lowest BCUT2D eigenvalue weighted by Gasteiger charge is -2.30. The van der Waals surface area contributed by atoms with E-state index < -0.39 is 26.6 Å². The van der Waals surface area contributed by atoms with Crippen molar-refractivity contribution in [3.63, 3.8) is 0 Å². The third-order valence-corrected chi connectivity index (χ3v) is 5.58. The predicted molar refractivity (Wildman–Crippen MR) is 69.7 cm³/mol. The third kappa shape index (κ3) is 2.84. The molecule has 1 N–H and O–H groups in total. The molecular formula is C13H17F2NO3S. The maximum Gasteiger partial charge on any atom is 0.246 e. The van der Waals surface area contributed by atoms with Crippen LogP contribution in [0.4, 0.5) is 8.78 Å². The molecule has 1 aliphatic rings. The van der Waals surface area contributed by atoms with Gasteiger partial charge in [0.2, 0.25) is 10.0 Å². The van der Waals surface area contributed by atoms with Crippen LogP contribution in [0.5, 0.6) is 0 Å². The van der Waals surface area contributed by atoms with Gasteiger partial charge in [0.1, 0.15) is 16.5 Å². The normalized spacial score (nSPS) is 18.4. The highest BCUT2D eigenvalue weighted by molar-refractivity contribution is 7.89. The van der Waals surface area contributed by atoms with Crippen LogP contribution in [-0.4, -0.2) is 37.5 Å². The summed E-state index contributed by atoms with van der Waals surface area (Å²) in [4.78, 5) is -0.622. The molecule has 1 aromatic rings. The first kappa shape index (κ1) is 15.3. The zero-order valence-corrected chi connectivity index (χ0v) is 12.0. The molecule has 1 fully saturated rings. The smallest absolute Gasteiger partial charge is 0.246 e. The van der Waals surface area contributed by atoms with Gasteiger partial charge in [-0.05, 0) is 43.4 Å². The number of aliphatic hydroxyl groups is 1. The minimum atomic E-state index is -4.03. The van der Waals surface area contributed by atoms with Crippen molar-refractivity contribution < 1.29 is 22.3 Å². The molecule has 7 heteroatoms. The van der Waals surface area contributed by atoms with E-state index >= 15 is 0 Å². The topological polar surface area (TPSA) is 57.6 Å². The van der Waals surface area contributed by atoms with E-state index in [1.54, 1.807) is 0 Å². The maximum atomic E-state index is 13.8. The first-order valence-electron chi connectivity index (χ1n) is 6.43. The molecule has 20 heavy (non-hydrogen) atoms. The summed E-state index contributed by atoms with van der Waals surface area (Å²) >= 11 is 0. The first-order chi connectivity index (χ1) is 9.36. The Morgan fingerprint density at radius 3 is 2.40 bits per heavy atom. The number of halogens is 2. The Balaban J connectivity index is 2.30. The summed E-state index contributed by atoms with van der Waals surface area (Å²) in [6, 6.07) is 1.63. The highest BCUT2D eigenvalue weighted by Crippen LogP contribution is 2.26. The van der Waals surface area contributed by atoms with Crippen molar-refractivity contribution in [3.8, 4) is 0 Å². The summed E-state index contributed by atoms with van der Waals surface area (Å²) in [7, 11) is -4.03. The molecule has 1 aliphatic heterocycles. The van der Waals surface area contributed by atoms with Crippen LogP contribution >= 0.6 is 0 Å². The molecule has 4 nitrogen and oxygen atoms in total. The highest BCUT2D eigenvalue weighted by atomic mass is 32.2. The lowest BCUT2D eigenvalue weighted by molar-refractivity contribution is 0.170. The lowest BCUT2D eigenvalue weighted by atomic mass is 10.00. The Hall–Kier alpha value is -1.05. The van der Waals surface area contributed by atoms with Gasteiger partial charge in [-0.3, -0.25) is 0 Å². The number of hydrogen-bond acceptors (Lipinski definition) is 3. The fraction of sp³-hybridized carbons (Fsp3) is 0.538. The van der Waals surface area contributed by atoms with Gasteiger partial charge in [-0.15, -0.1) is 0 Å². The number of aliphatic hydroxyl groups excluding tert-OH is 1. The molecule has 0 radical (unpaired) electrons. The summed E-state index contributed by atoms with van der Waals surface area (Å²) in [5, 5.41) is 9.03. The largest absolute Gasteiger partial charge is 0.396 e. The van der Waals surface area contributed by atoms with E-state index in [0.29, 0.717) is 12.8 Å². The summed E-state index contributed by atoms with van der Waals surface area (Å²) in [6.45, 7) is 1.81. The Morgan fingerprint density at radius 2 is 1.85 bits per heavy atom. The molecule has 1 heterocycles. The number of nitrogens with zero attached hydrogens (tertiary/aromatic N) is 1. The number of benzene rings is 1. The molecule has 0 aliphatic carbocycles. The second-order valence-electron chi connectivity index (χ2n) is 5.06. The molecule has 112 valence electrons. The predicted octanol–water partition coefficient (Wildman–Crippen LogP) is 1.67. The monoisotopic (exact) mass is 305 g/mol. The Bertz CT molecular complexity index is 596. The quantitative estimate of drug-likeness (QED) is 0.924. The molecule has 1 saturated heterocycles. The van der Waals surface area contributed by atoms with Crippen LogP contribution in [0.2, 0.25) is 0 Å². The van der Waals surface area contributed by atoms with Crippen molar-refractivity contribution in [2.45, 2.75) is 24.7 Å². The number of rotatable bonds is 3. The fourth-order valence-corrected chi connectivity index (χ4v) is 3.82. The van der Waals surface area contributed by atoms with E-state index in [0.717, 1.165) is 16.4 Å². The Morgan fingerprint density at radius 1 is 1.25 bits per heavy atom. The van der Waals surface area contributed by atoms with E-state index in [9.17, 15) is 17.2 Å². The van der Waals surface area contributed by atoms with Crippen molar-refractivity contribution in [2.75, 3.05) is 19.7 Å². The van der Waals surface area contributed by atoms with E-state index in [4.69, 9.17) is 5.11 Å². The van der Waals surface area contributed by atoms with Crippen LogP contribution in [0.15, 0.2) is 17.0 Å². The van der Waals surface area contributed by atoms with Crippen molar-refractivity contribution >= 4 is 10.0 Å². The van der Waals surface area contributed by atoms with E-state index in [1.807, 2.05) is 0 Å². The first-order valence-corrected chi connectivity index (χ1v) is 7.87. The minimum Gasteiger partial charge on any atom is -0.396 e. The van der Waals surface area contributed by atoms with Gasteiger partial charge < -0.3 is 5.11 Å². The molecule has 2 rings (SSSR count). The summed E-state index contributed by atoms with van der Waals surface area (Å²) in [5.41, 5.74) is 0.0699. The molecule has 0 saturated carbocycles. The van der Waals surface area contributed by atoms with E-state index in [2.05, 4.69) is 0 Å². The van der Waals surface area contributed by atoms with E-state index in [-0.39, 0.29) is 31.2 Å². The van der Waals surface area contributed by atoms with Crippen molar-refractivity contribution in [2.24, 2.45) is 5.92 Å². The van der Waals surface area contributed by atoms with Crippen LogP contribution in [0, 0.1) is 24.5 Å². The Kier molecular flexibility index (Phi) is 4.41. The van der Waals surface area contributed by atoms with E-state index in [1.165, 1.54) is 6.92 Å². The van der Waals surface area contributed by atoms with Crippen LogP contribution in [0.25, 0.3) is 0 Å². The molecule has 0 atom stereocenters. The number of hydrogen-bond donors (Lipinski definition) is 1. The average Bonchev–Trinajstić information content (AvgIpc) is 2.42. The van der Waals surface area contributed by atoms with Crippen LogP contribution in [0.3, 0.4) is 0 Å². The Labute approximate surface area is 117 Å². The minimum absolute atomic E-state index is 0.0153. The molecule has 1 aromatic carbocycles. The van der Waals surface area contributed by atoms with Crippen LogP contribution in [0.1, 0.15) is 18.4 Å². The van der Waals surface area contributed by atoms with Crippen LogP contribution in [-0.2, 0) is 10.0 Å². The zero-order chi connectivity index (χ0) is 14.9. The highest BCUT2D eigenvalue weighted by Gasteiger charge is 2.31. The maximum absolute atomic E-state index is 13.8. The van der Waals surface area contributed by atoms with Crippen molar-refractivity contribution in [3.05, 3.63) is 29.3 Å². The molecule has 0 bridgehead atoms. The second kappa shape index (κ2) is 5.75. The van der Waals surface area contributed by atoms with Gasteiger partial charge in [-0.25, -0.2) is 17.2 Å². The number of piperidine rings is 1. The molecule has 0 spiro atoms. The van der Waals surface area contributed by atoms with Gasteiger partial charge in [0.25, 0.3) is 0 Å².